The highest BCUT2D eigenvalue weighted by Gasteiger charge is 2.28. The Labute approximate surface area is 145 Å². The van der Waals surface area contributed by atoms with E-state index in [0.717, 1.165) is 13.1 Å². The standard InChI is InChI=1S/C14H18N4O5.ClH/c1-18(5-7-23-8-6-18)10-13(19)16-15-9-11-3-2-4-12(14(11)20)17(21)22;/h2-4,9H,5-8,10H2,1H3,(H-,15,16,19,20);1H. The summed E-state index contributed by atoms with van der Waals surface area (Å²) in [7, 11) is 1.97. The molecule has 0 aliphatic carbocycles. The number of quaternary nitrogens is 1. The number of nitro groups is 1. The van der Waals surface area contributed by atoms with Gasteiger partial charge in [0.25, 0.3) is 5.91 Å². The molecule has 1 fully saturated rings. The summed E-state index contributed by atoms with van der Waals surface area (Å²) in [5.41, 5.74) is 2.12. The molecule has 2 N–H and O–H groups in total. The average Bonchev–Trinajstić information content (AvgIpc) is 2.49. The van der Waals surface area contributed by atoms with Crippen LogP contribution >= 0.6 is 0 Å². The molecule has 10 heteroatoms. The zero-order valence-electron chi connectivity index (χ0n) is 13.1. The topological polar surface area (TPSA) is 114 Å². The van der Waals surface area contributed by atoms with Crippen molar-refractivity contribution in [1.29, 1.82) is 0 Å². The van der Waals surface area contributed by atoms with Gasteiger partial charge in [-0.3, -0.25) is 14.9 Å². The number of phenolic OH excluding ortho intramolecular Hbond substituents is 1. The maximum atomic E-state index is 11.9. The molecule has 0 unspecified atom stereocenters. The lowest BCUT2D eigenvalue weighted by atomic mass is 10.2. The molecule has 0 bridgehead atoms. The lowest BCUT2D eigenvalue weighted by Gasteiger charge is -2.36. The van der Waals surface area contributed by atoms with Gasteiger partial charge in [0, 0.05) is 11.6 Å². The number of hydrazone groups is 1. The summed E-state index contributed by atoms with van der Waals surface area (Å²) in [6, 6.07) is 4.09. The van der Waals surface area contributed by atoms with Gasteiger partial charge < -0.3 is 26.7 Å². The molecule has 0 saturated carbocycles. The maximum absolute atomic E-state index is 11.9. The lowest BCUT2D eigenvalue weighted by molar-refractivity contribution is -0.909. The number of phenols is 1. The van der Waals surface area contributed by atoms with Crippen LogP contribution in [0, 0.1) is 10.1 Å². The van der Waals surface area contributed by atoms with E-state index in [9.17, 15) is 20.0 Å². The van der Waals surface area contributed by atoms with Gasteiger partial charge in [0.2, 0.25) is 5.75 Å². The summed E-state index contributed by atoms with van der Waals surface area (Å²) in [5.74, 6) is -0.752. The Kier molecular flexibility index (Phi) is 7.08. The number of amides is 1. The minimum atomic E-state index is -0.686. The number of carbonyl (C=O) groups excluding carboxylic acids is 1. The van der Waals surface area contributed by atoms with Gasteiger partial charge >= 0.3 is 5.69 Å². The number of aromatic hydroxyl groups is 1. The number of nitrogens with zero attached hydrogens (tertiary/aromatic N) is 3. The van der Waals surface area contributed by atoms with Crippen LogP contribution in [0.2, 0.25) is 0 Å². The summed E-state index contributed by atoms with van der Waals surface area (Å²) in [6.07, 6.45) is 1.18. The normalized spacial score (nSPS) is 16.4. The van der Waals surface area contributed by atoms with Crippen LogP contribution in [0.4, 0.5) is 5.69 Å². The first kappa shape index (κ1) is 19.8. The highest BCUT2D eigenvalue weighted by Crippen LogP contribution is 2.27. The number of rotatable bonds is 5. The number of likely N-dealkylation sites (N-methyl/N-ethyl adjacent to an activating group) is 1. The highest BCUT2D eigenvalue weighted by molar-refractivity contribution is 5.87. The van der Waals surface area contributed by atoms with E-state index in [-0.39, 0.29) is 30.4 Å². The smallest absolute Gasteiger partial charge is 0.311 e. The predicted octanol–water partition coefficient (Wildman–Crippen LogP) is -2.77. The second-order valence-corrected chi connectivity index (χ2v) is 5.60. The van der Waals surface area contributed by atoms with Crippen molar-refractivity contribution in [2.75, 3.05) is 39.9 Å². The fourth-order valence-electron chi connectivity index (χ4n) is 2.30. The van der Waals surface area contributed by atoms with Crippen molar-refractivity contribution in [1.82, 2.24) is 5.43 Å². The second-order valence-electron chi connectivity index (χ2n) is 5.60. The van der Waals surface area contributed by atoms with Crippen LogP contribution in [0.15, 0.2) is 23.3 Å². The number of nitrogens with one attached hydrogen (secondary N) is 1. The number of morpholine rings is 1. The van der Waals surface area contributed by atoms with Gasteiger partial charge in [0.15, 0.2) is 6.54 Å². The van der Waals surface area contributed by atoms with Crippen molar-refractivity contribution in [2.45, 2.75) is 0 Å². The Morgan fingerprint density at radius 2 is 2.17 bits per heavy atom. The molecular formula is C14H19ClN4O5. The van der Waals surface area contributed by atoms with E-state index in [2.05, 4.69) is 10.5 Å². The minimum absolute atomic E-state index is 0. The molecule has 1 heterocycles. The Morgan fingerprint density at radius 1 is 1.50 bits per heavy atom. The molecule has 1 aliphatic heterocycles. The minimum Gasteiger partial charge on any atom is -1.00 e. The van der Waals surface area contributed by atoms with Gasteiger partial charge in [-0.15, -0.1) is 0 Å². The third-order valence-corrected chi connectivity index (χ3v) is 3.71. The molecule has 2 rings (SSSR count). The molecule has 1 aliphatic rings. The quantitative estimate of drug-likeness (QED) is 0.256. The molecule has 1 saturated heterocycles. The molecular weight excluding hydrogens is 340 g/mol. The third-order valence-electron chi connectivity index (χ3n) is 3.71. The van der Waals surface area contributed by atoms with Crippen molar-refractivity contribution < 1.29 is 36.5 Å². The monoisotopic (exact) mass is 358 g/mol. The number of nitro benzene ring substituents is 1. The zero-order valence-corrected chi connectivity index (χ0v) is 13.9. The van der Waals surface area contributed by atoms with E-state index in [1.807, 2.05) is 7.05 Å². The third kappa shape index (κ3) is 5.15. The van der Waals surface area contributed by atoms with Crippen molar-refractivity contribution >= 4 is 17.8 Å². The number of carbonyl (C=O) groups is 1. The van der Waals surface area contributed by atoms with Crippen LogP contribution < -0.4 is 17.8 Å². The SMILES string of the molecule is C[N+]1(CC(=O)NN=Cc2cccc([N+](=O)[O-])c2O)CCOCC1.[Cl-]. The van der Waals surface area contributed by atoms with Gasteiger partial charge in [-0.25, -0.2) is 5.43 Å². The predicted molar refractivity (Wildman–Crippen MR) is 82.1 cm³/mol. The van der Waals surface area contributed by atoms with Crippen LogP contribution in [0.25, 0.3) is 0 Å². The Bertz CT molecular complexity index is 632. The maximum Gasteiger partial charge on any atom is 0.311 e. The van der Waals surface area contributed by atoms with Crippen LogP contribution in [0.3, 0.4) is 0 Å². The van der Waals surface area contributed by atoms with Crippen molar-refractivity contribution in [3.8, 4) is 5.75 Å². The Morgan fingerprint density at radius 3 is 2.79 bits per heavy atom. The highest BCUT2D eigenvalue weighted by atomic mass is 35.5. The summed E-state index contributed by atoms with van der Waals surface area (Å²) < 4.78 is 5.84. The second kappa shape index (κ2) is 8.57. The molecule has 9 nitrogen and oxygen atoms in total. The summed E-state index contributed by atoms with van der Waals surface area (Å²) >= 11 is 0. The van der Waals surface area contributed by atoms with Crippen molar-refractivity contribution in [3.63, 3.8) is 0 Å². The number of para-hydroxylation sites is 1. The number of halogens is 1. The van der Waals surface area contributed by atoms with Gasteiger partial charge in [0.1, 0.15) is 13.1 Å². The van der Waals surface area contributed by atoms with Crippen LogP contribution in [-0.2, 0) is 9.53 Å². The van der Waals surface area contributed by atoms with E-state index in [0.29, 0.717) is 17.7 Å². The molecule has 0 aromatic heterocycles. The van der Waals surface area contributed by atoms with Gasteiger partial charge in [-0.1, -0.05) is 6.07 Å². The number of benzene rings is 1. The van der Waals surface area contributed by atoms with E-state index in [4.69, 9.17) is 4.74 Å². The lowest BCUT2D eigenvalue weighted by Crippen LogP contribution is -3.00. The van der Waals surface area contributed by atoms with Gasteiger partial charge in [-0.2, -0.15) is 5.10 Å². The first-order valence-corrected chi connectivity index (χ1v) is 7.11. The van der Waals surface area contributed by atoms with E-state index in [1.54, 1.807) is 0 Å². The fourth-order valence-corrected chi connectivity index (χ4v) is 2.30. The summed E-state index contributed by atoms with van der Waals surface area (Å²) in [5, 5.41) is 24.2. The fraction of sp³-hybridized carbons (Fsp3) is 0.429. The molecule has 1 amide bonds. The Balaban J connectivity index is 0.00000288. The molecule has 0 atom stereocenters. The van der Waals surface area contributed by atoms with Crippen molar-refractivity contribution in [2.24, 2.45) is 5.10 Å². The molecule has 132 valence electrons. The molecule has 24 heavy (non-hydrogen) atoms. The van der Waals surface area contributed by atoms with E-state index in [1.165, 1.54) is 24.4 Å². The summed E-state index contributed by atoms with van der Waals surface area (Å²) in [6.45, 7) is 3.01. The van der Waals surface area contributed by atoms with E-state index >= 15 is 0 Å². The largest absolute Gasteiger partial charge is 1.00 e. The zero-order chi connectivity index (χ0) is 16.9. The van der Waals surface area contributed by atoms with Crippen LogP contribution in [0.1, 0.15) is 5.56 Å². The van der Waals surface area contributed by atoms with Crippen molar-refractivity contribution in [3.05, 3.63) is 33.9 Å². The number of hydrogen-bond donors (Lipinski definition) is 2. The summed E-state index contributed by atoms with van der Waals surface area (Å²) in [4.78, 5) is 22.0. The average molecular weight is 359 g/mol. The van der Waals surface area contributed by atoms with Gasteiger partial charge in [-0.05, 0) is 6.07 Å². The van der Waals surface area contributed by atoms with Crippen LogP contribution in [-0.4, -0.2) is 66.5 Å². The molecule has 0 spiro atoms. The van der Waals surface area contributed by atoms with Crippen LogP contribution in [0.5, 0.6) is 5.75 Å². The molecule has 1 aromatic rings. The molecule has 0 radical (unpaired) electrons. The number of hydrogen-bond acceptors (Lipinski definition) is 6. The van der Waals surface area contributed by atoms with Gasteiger partial charge in [0.05, 0.1) is 31.4 Å². The number of ether oxygens (including phenoxy) is 1. The first-order valence-electron chi connectivity index (χ1n) is 7.11. The van der Waals surface area contributed by atoms with E-state index < -0.39 is 16.4 Å². The Hall–Kier alpha value is -2.23. The first-order chi connectivity index (χ1) is 10.9. The molecule has 1 aromatic carbocycles.